The van der Waals surface area contributed by atoms with Crippen LogP contribution >= 0.6 is 0 Å². The minimum Gasteiger partial charge on any atom is -0.381 e. The highest BCUT2D eigenvalue weighted by molar-refractivity contribution is 5.89. The smallest absolute Gasteiger partial charge is 0.221 e. The van der Waals surface area contributed by atoms with Crippen LogP contribution in [0.2, 0.25) is 0 Å². The Labute approximate surface area is 115 Å². The lowest BCUT2D eigenvalue weighted by Gasteiger charge is -2.10. The summed E-state index contributed by atoms with van der Waals surface area (Å²) in [7, 11) is 0. The summed E-state index contributed by atoms with van der Waals surface area (Å²) in [5.74, 6) is -1.15. The second kappa shape index (κ2) is 6.14. The van der Waals surface area contributed by atoms with E-state index in [1.807, 2.05) is 0 Å². The maximum Gasteiger partial charge on any atom is 0.221 e. The number of nitrogens with one attached hydrogen (secondary N) is 2. The van der Waals surface area contributed by atoms with E-state index in [4.69, 9.17) is 0 Å². The van der Waals surface area contributed by atoms with Gasteiger partial charge in [0.05, 0.1) is 5.69 Å². The number of carbonyl (C=O) groups excluding carboxylic acids is 1. The SMILES string of the molecule is CC(=O)Nc1cc(NCc2cccc(F)c2)ccc1F. The van der Waals surface area contributed by atoms with E-state index in [-0.39, 0.29) is 17.4 Å². The molecule has 0 heterocycles. The van der Waals surface area contributed by atoms with E-state index >= 15 is 0 Å². The van der Waals surface area contributed by atoms with Crippen LogP contribution in [0.4, 0.5) is 20.2 Å². The first-order valence-corrected chi connectivity index (χ1v) is 6.10. The predicted octanol–water partition coefficient (Wildman–Crippen LogP) is 3.54. The first kappa shape index (κ1) is 14.0. The van der Waals surface area contributed by atoms with Gasteiger partial charge in [-0.25, -0.2) is 8.78 Å². The molecule has 0 aliphatic heterocycles. The van der Waals surface area contributed by atoms with Gasteiger partial charge < -0.3 is 10.6 Å². The van der Waals surface area contributed by atoms with Crippen LogP contribution in [0.5, 0.6) is 0 Å². The van der Waals surface area contributed by atoms with Crippen molar-refractivity contribution in [1.82, 2.24) is 0 Å². The molecular formula is C15H14F2N2O. The molecule has 0 radical (unpaired) electrons. The monoisotopic (exact) mass is 276 g/mol. The number of carbonyl (C=O) groups is 1. The van der Waals surface area contributed by atoms with Crippen LogP contribution in [0.3, 0.4) is 0 Å². The summed E-state index contributed by atoms with van der Waals surface area (Å²) in [6.07, 6.45) is 0. The highest BCUT2D eigenvalue weighted by Crippen LogP contribution is 2.20. The van der Waals surface area contributed by atoms with E-state index in [1.54, 1.807) is 18.2 Å². The van der Waals surface area contributed by atoms with Crippen LogP contribution in [-0.4, -0.2) is 5.91 Å². The predicted molar refractivity (Wildman–Crippen MR) is 74.4 cm³/mol. The standard InChI is InChI=1S/C15H14F2N2O/c1-10(20)19-15-8-13(5-6-14(15)17)18-9-11-3-2-4-12(16)7-11/h2-8,18H,9H2,1H3,(H,19,20). The Bertz CT molecular complexity index is 629. The van der Waals surface area contributed by atoms with Crippen LogP contribution in [0.1, 0.15) is 12.5 Å². The molecule has 0 aliphatic rings. The zero-order valence-corrected chi connectivity index (χ0v) is 10.9. The van der Waals surface area contributed by atoms with E-state index in [9.17, 15) is 13.6 Å². The normalized spacial score (nSPS) is 10.2. The second-order valence-corrected chi connectivity index (χ2v) is 4.36. The highest BCUT2D eigenvalue weighted by Gasteiger charge is 2.05. The summed E-state index contributed by atoms with van der Waals surface area (Å²) in [5.41, 5.74) is 1.52. The average Bonchev–Trinajstić information content (AvgIpc) is 2.39. The summed E-state index contributed by atoms with van der Waals surface area (Å²) in [4.78, 5) is 11.0. The summed E-state index contributed by atoms with van der Waals surface area (Å²) in [6, 6.07) is 10.5. The van der Waals surface area contributed by atoms with Gasteiger partial charge in [0.15, 0.2) is 0 Å². The molecule has 2 aromatic carbocycles. The fourth-order valence-electron chi connectivity index (χ4n) is 1.77. The lowest BCUT2D eigenvalue weighted by atomic mass is 10.2. The summed E-state index contributed by atoms with van der Waals surface area (Å²) in [5, 5.41) is 5.45. The van der Waals surface area contributed by atoms with Gasteiger partial charge in [-0.05, 0) is 35.9 Å². The number of anilines is 2. The zero-order valence-electron chi connectivity index (χ0n) is 10.9. The third kappa shape index (κ3) is 3.78. The topological polar surface area (TPSA) is 41.1 Å². The molecule has 0 fully saturated rings. The summed E-state index contributed by atoms with van der Waals surface area (Å²) in [6.45, 7) is 1.72. The Morgan fingerprint density at radius 3 is 2.65 bits per heavy atom. The highest BCUT2D eigenvalue weighted by atomic mass is 19.1. The summed E-state index contributed by atoms with van der Waals surface area (Å²) >= 11 is 0. The minimum atomic E-state index is -0.503. The van der Waals surface area contributed by atoms with Crippen molar-refractivity contribution < 1.29 is 13.6 Å². The molecule has 0 atom stereocenters. The van der Waals surface area contributed by atoms with E-state index < -0.39 is 5.82 Å². The van der Waals surface area contributed by atoms with E-state index in [2.05, 4.69) is 10.6 Å². The molecule has 0 aliphatic carbocycles. The van der Waals surface area contributed by atoms with Gasteiger partial charge in [0.25, 0.3) is 0 Å². The molecule has 0 aromatic heterocycles. The number of hydrogen-bond acceptors (Lipinski definition) is 2. The van der Waals surface area contributed by atoms with Crippen LogP contribution in [0, 0.1) is 11.6 Å². The van der Waals surface area contributed by atoms with Gasteiger partial charge in [0.1, 0.15) is 11.6 Å². The first-order chi connectivity index (χ1) is 9.54. The molecule has 0 unspecified atom stereocenters. The Hall–Kier alpha value is -2.43. The number of amides is 1. The molecule has 1 amide bonds. The van der Waals surface area contributed by atoms with E-state index in [0.29, 0.717) is 12.2 Å². The minimum absolute atomic E-state index is 0.113. The van der Waals surface area contributed by atoms with Crippen molar-refractivity contribution in [3.8, 4) is 0 Å². The zero-order chi connectivity index (χ0) is 14.5. The fourth-order valence-corrected chi connectivity index (χ4v) is 1.77. The largest absolute Gasteiger partial charge is 0.381 e. The van der Waals surface area contributed by atoms with Crippen molar-refractivity contribution in [1.29, 1.82) is 0 Å². The average molecular weight is 276 g/mol. The van der Waals surface area contributed by atoms with Gasteiger partial charge in [-0.1, -0.05) is 12.1 Å². The molecule has 0 bridgehead atoms. The second-order valence-electron chi connectivity index (χ2n) is 4.36. The van der Waals surface area contributed by atoms with Gasteiger partial charge >= 0.3 is 0 Å². The van der Waals surface area contributed by atoms with Crippen LogP contribution in [0.25, 0.3) is 0 Å². The van der Waals surface area contributed by atoms with E-state index in [0.717, 1.165) is 5.56 Å². The number of hydrogen-bond donors (Lipinski definition) is 2. The Morgan fingerprint density at radius 2 is 1.95 bits per heavy atom. The Morgan fingerprint density at radius 1 is 1.15 bits per heavy atom. The van der Waals surface area contributed by atoms with Gasteiger partial charge in [-0.3, -0.25) is 4.79 Å². The van der Waals surface area contributed by atoms with Crippen molar-refractivity contribution >= 4 is 17.3 Å². The number of rotatable bonds is 4. The molecule has 0 spiro atoms. The van der Waals surface area contributed by atoms with Gasteiger partial charge in [-0.15, -0.1) is 0 Å². The molecule has 0 saturated heterocycles. The Kier molecular flexibility index (Phi) is 4.30. The van der Waals surface area contributed by atoms with Crippen LogP contribution < -0.4 is 10.6 Å². The molecule has 0 saturated carbocycles. The first-order valence-electron chi connectivity index (χ1n) is 6.10. The van der Waals surface area contributed by atoms with Crippen molar-refractivity contribution in [3.63, 3.8) is 0 Å². The lowest BCUT2D eigenvalue weighted by Crippen LogP contribution is -2.08. The number of benzene rings is 2. The van der Waals surface area contributed by atoms with Crippen LogP contribution in [0.15, 0.2) is 42.5 Å². The third-order valence-corrected chi connectivity index (χ3v) is 2.66. The molecule has 2 rings (SSSR count). The van der Waals surface area contributed by atoms with Gasteiger partial charge in [-0.2, -0.15) is 0 Å². The number of halogens is 2. The quantitative estimate of drug-likeness (QED) is 0.896. The third-order valence-electron chi connectivity index (χ3n) is 2.66. The molecular weight excluding hydrogens is 262 g/mol. The summed E-state index contributed by atoms with van der Waals surface area (Å²) < 4.78 is 26.5. The lowest BCUT2D eigenvalue weighted by molar-refractivity contribution is -0.114. The van der Waals surface area contributed by atoms with Gasteiger partial charge in [0.2, 0.25) is 5.91 Å². The molecule has 3 nitrogen and oxygen atoms in total. The van der Waals surface area contributed by atoms with Crippen molar-refractivity contribution in [2.45, 2.75) is 13.5 Å². The Balaban J connectivity index is 2.08. The molecule has 104 valence electrons. The molecule has 5 heteroatoms. The van der Waals surface area contributed by atoms with Gasteiger partial charge in [0, 0.05) is 19.2 Å². The van der Waals surface area contributed by atoms with Crippen molar-refractivity contribution in [2.75, 3.05) is 10.6 Å². The molecule has 2 aromatic rings. The maximum absolute atomic E-state index is 13.5. The van der Waals surface area contributed by atoms with E-state index in [1.165, 1.54) is 31.2 Å². The maximum atomic E-state index is 13.5. The fraction of sp³-hybridized carbons (Fsp3) is 0.133. The van der Waals surface area contributed by atoms with Crippen molar-refractivity contribution in [3.05, 3.63) is 59.7 Å². The van der Waals surface area contributed by atoms with Crippen molar-refractivity contribution in [2.24, 2.45) is 0 Å². The molecule has 2 N–H and O–H groups in total. The molecule has 20 heavy (non-hydrogen) atoms. The van der Waals surface area contributed by atoms with Crippen LogP contribution in [-0.2, 0) is 11.3 Å².